The molecule has 0 atom stereocenters. The summed E-state index contributed by atoms with van der Waals surface area (Å²) in [6.45, 7) is 0. The van der Waals surface area contributed by atoms with Gasteiger partial charge in [0.25, 0.3) is 5.56 Å². The van der Waals surface area contributed by atoms with Crippen molar-refractivity contribution < 1.29 is 0 Å². The van der Waals surface area contributed by atoms with Gasteiger partial charge in [-0.3, -0.25) is 19.4 Å². The lowest BCUT2D eigenvalue weighted by molar-refractivity contribution is 0.879. The smallest absolute Gasteiger partial charge is 0.251 e. The highest BCUT2D eigenvalue weighted by Gasteiger charge is 2.13. The van der Waals surface area contributed by atoms with Gasteiger partial charge in [0, 0.05) is 42.7 Å². The van der Waals surface area contributed by atoms with Crippen molar-refractivity contribution >= 4 is 22.4 Å². The molecule has 4 aromatic heterocycles. The molecule has 0 saturated heterocycles. The lowest BCUT2D eigenvalue weighted by Gasteiger charge is -1.97. The van der Waals surface area contributed by atoms with Gasteiger partial charge in [-0.1, -0.05) is 0 Å². The zero-order valence-electron chi connectivity index (χ0n) is 11.6. The van der Waals surface area contributed by atoms with E-state index in [2.05, 4.69) is 20.2 Å². The molecular weight excluding hydrogens is 298 g/mol. The Morgan fingerprint density at radius 1 is 1.23 bits per heavy atom. The fourth-order valence-corrected chi connectivity index (χ4v) is 3.24. The monoisotopic (exact) mass is 309 g/mol. The molecular formula is C15H11N5OS. The number of fused-ring (bicyclic) bond motifs is 1. The Bertz CT molecular complexity index is 1020. The van der Waals surface area contributed by atoms with E-state index in [9.17, 15) is 4.79 Å². The second kappa shape index (κ2) is 4.88. The SMILES string of the molecule is Cn1c(=O)ccc2c(-c3cnc(-c4cccnc4)s3)[nH]nc21. The molecule has 0 spiro atoms. The Balaban J connectivity index is 1.85. The highest BCUT2D eigenvalue weighted by atomic mass is 32.1. The molecule has 0 aliphatic rings. The number of pyridine rings is 2. The van der Waals surface area contributed by atoms with Crippen molar-refractivity contribution in [1.82, 2.24) is 24.7 Å². The summed E-state index contributed by atoms with van der Waals surface area (Å²) >= 11 is 1.56. The molecule has 0 unspecified atom stereocenters. The van der Waals surface area contributed by atoms with Gasteiger partial charge in [0.15, 0.2) is 5.65 Å². The van der Waals surface area contributed by atoms with E-state index in [1.807, 2.05) is 18.3 Å². The molecule has 6 nitrogen and oxygen atoms in total. The minimum absolute atomic E-state index is 0.0779. The van der Waals surface area contributed by atoms with E-state index < -0.39 is 0 Å². The van der Waals surface area contributed by atoms with Crippen molar-refractivity contribution in [2.75, 3.05) is 0 Å². The Labute approximate surface area is 129 Å². The average Bonchev–Trinajstić information content (AvgIpc) is 3.18. The summed E-state index contributed by atoms with van der Waals surface area (Å²) in [6.07, 6.45) is 5.34. The van der Waals surface area contributed by atoms with Crippen LogP contribution in [-0.4, -0.2) is 24.7 Å². The first-order chi connectivity index (χ1) is 10.7. The summed E-state index contributed by atoms with van der Waals surface area (Å²) in [5, 5.41) is 9.05. The van der Waals surface area contributed by atoms with E-state index in [1.165, 1.54) is 4.57 Å². The van der Waals surface area contributed by atoms with Gasteiger partial charge in [0.2, 0.25) is 0 Å². The number of aryl methyl sites for hydroxylation is 1. The lowest BCUT2D eigenvalue weighted by Crippen LogP contribution is -2.14. The number of rotatable bonds is 2. The molecule has 22 heavy (non-hydrogen) atoms. The minimum atomic E-state index is -0.0779. The Morgan fingerprint density at radius 2 is 2.14 bits per heavy atom. The number of hydrogen-bond acceptors (Lipinski definition) is 5. The van der Waals surface area contributed by atoms with Gasteiger partial charge in [-0.05, 0) is 18.2 Å². The predicted octanol–water partition coefficient (Wildman–Crippen LogP) is 2.45. The van der Waals surface area contributed by atoms with Crippen LogP contribution in [0.25, 0.3) is 32.2 Å². The summed E-state index contributed by atoms with van der Waals surface area (Å²) in [5.41, 5.74) is 2.41. The van der Waals surface area contributed by atoms with E-state index >= 15 is 0 Å². The second-order valence-corrected chi connectivity index (χ2v) is 5.87. The van der Waals surface area contributed by atoms with Crippen molar-refractivity contribution in [3.05, 3.63) is 53.2 Å². The third-order valence-corrected chi connectivity index (χ3v) is 4.55. The van der Waals surface area contributed by atoms with E-state index in [4.69, 9.17) is 0 Å². The molecule has 7 heteroatoms. The van der Waals surface area contributed by atoms with E-state index in [-0.39, 0.29) is 5.56 Å². The minimum Gasteiger partial charge on any atom is -0.294 e. The van der Waals surface area contributed by atoms with Gasteiger partial charge in [-0.25, -0.2) is 4.98 Å². The lowest BCUT2D eigenvalue weighted by atomic mass is 10.2. The highest BCUT2D eigenvalue weighted by molar-refractivity contribution is 7.18. The summed E-state index contributed by atoms with van der Waals surface area (Å²) in [5.74, 6) is 0. The molecule has 0 bridgehead atoms. The maximum absolute atomic E-state index is 11.7. The molecule has 0 aliphatic heterocycles. The fraction of sp³-hybridized carbons (Fsp3) is 0.0667. The van der Waals surface area contributed by atoms with E-state index in [0.29, 0.717) is 5.65 Å². The molecule has 4 heterocycles. The van der Waals surface area contributed by atoms with Crippen molar-refractivity contribution in [1.29, 1.82) is 0 Å². The Hall–Kier alpha value is -2.80. The van der Waals surface area contributed by atoms with Crippen LogP contribution in [0.4, 0.5) is 0 Å². The van der Waals surface area contributed by atoms with Crippen LogP contribution in [0, 0.1) is 0 Å². The van der Waals surface area contributed by atoms with Crippen LogP contribution in [0.1, 0.15) is 0 Å². The van der Waals surface area contributed by atoms with Crippen molar-refractivity contribution in [2.24, 2.45) is 7.05 Å². The Morgan fingerprint density at radius 3 is 2.95 bits per heavy atom. The Kier molecular flexibility index (Phi) is 2.87. The average molecular weight is 309 g/mol. The van der Waals surface area contributed by atoms with Gasteiger partial charge in [-0.2, -0.15) is 5.10 Å². The molecule has 0 amide bonds. The van der Waals surface area contributed by atoms with Crippen LogP contribution >= 0.6 is 11.3 Å². The van der Waals surface area contributed by atoms with Crippen molar-refractivity contribution in [2.45, 2.75) is 0 Å². The van der Waals surface area contributed by atoms with Crippen LogP contribution < -0.4 is 5.56 Å². The molecule has 0 saturated carbocycles. The zero-order valence-corrected chi connectivity index (χ0v) is 12.5. The third-order valence-electron chi connectivity index (χ3n) is 3.49. The van der Waals surface area contributed by atoms with Crippen LogP contribution in [-0.2, 0) is 7.05 Å². The summed E-state index contributed by atoms with van der Waals surface area (Å²) in [7, 11) is 1.71. The first kappa shape index (κ1) is 12.9. The maximum Gasteiger partial charge on any atom is 0.251 e. The molecule has 0 aromatic carbocycles. The van der Waals surface area contributed by atoms with Gasteiger partial charge in [-0.15, -0.1) is 11.3 Å². The molecule has 0 radical (unpaired) electrons. The second-order valence-electron chi connectivity index (χ2n) is 4.84. The van der Waals surface area contributed by atoms with Crippen molar-refractivity contribution in [3.8, 4) is 21.1 Å². The predicted molar refractivity (Wildman–Crippen MR) is 85.7 cm³/mol. The van der Waals surface area contributed by atoms with Crippen LogP contribution in [0.3, 0.4) is 0 Å². The molecule has 4 aromatic rings. The van der Waals surface area contributed by atoms with Crippen LogP contribution in [0.2, 0.25) is 0 Å². The molecule has 108 valence electrons. The standard InChI is InChI=1S/C15H11N5OS/c1-20-12(21)5-4-10-13(18-19-14(10)20)11-8-17-15(22-11)9-3-2-6-16-7-9/h2-8H,1H3,(H,18,19). The first-order valence-corrected chi connectivity index (χ1v) is 7.46. The van der Waals surface area contributed by atoms with Gasteiger partial charge >= 0.3 is 0 Å². The van der Waals surface area contributed by atoms with Gasteiger partial charge < -0.3 is 0 Å². The molecule has 0 fully saturated rings. The topological polar surface area (TPSA) is 76.5 Å². The van der Waals surface area contributed by atoms with E-state index in [1.54, 1.807) is 42.9 Å². The summed E-state index contributed by atoms with van der Waals surface area (Å²) in [4.78, 5) is 21.2. The number of hydrogen-bond donors (Lipinski definition) is 1. The van der Waals surface area contributed by atoms with Crippen molar-refractivity contribution in [3.63, 3.8) is 0 Å². The third kappa shape index (κ3) is 1.94. The highest BCUT2D eigenvalue weighted by Crippen LogP contribution is 2.33. The zero-order chi connectivity index (χ0) is 15.1. The summed E-state index contributed by atoms with van der Waals surface area (Å²) < 4.78 is 1.53. The molecule has 0 aliphatic carbocycles. The number of aromatic nitrogens is 5. The number of nitrogens with one attached hydrogen (secondary N) is 1. The normalized spacial score (nSPS) is 11.1. The summed E-state index contributed by atoms with van der Waals surface area (Å²) in [6, 6.07) is 7.20. The first-order valence-electron chi connectivity index (χ1n) is 6.65. The largest absolute Gasteiger partial charge is 0.294 e. The van der Waals surface area contributed by atoms with Gasteiger partial charge in [0.05, 0.1) is 10.6 Å². The van der Waals surface area contributed by atoms with Crippen LogP contribution in [0.15, 0.2) is 47.7 Å². The molecule has 4 rings (SSSR count). The number of H-pyrrole nitrogens is 1. The van der Waals surface area contributed by atoms with E-state index in [0.717, 1.165) is 26.5 Å². The number of nitrogens with zero attached hydrogens (tertiary/aromatic N) is 4. The van der Waals surface area contributed by atoms with Gasteiger partial charge in [0.1, 0.15) is 5.01 Å². The number of thiazole rings is 1. The quantitative estimate of drug-likeness (QED) is 0.617. The van der Waals surface area contributed by atoms with Crippen LogP contribution in [0.5, 0.6) is 0 Å². The number of aromatic amines is 1. The maximum atomic E-state index is 11.7. The molecule has 1 N–H and O–H groups in total. The fourth-order valence-electron chi connectivity index (χ4n) is 2.33.